The molecule has 1 saturated heterocycles. The lowest BCUT2D eigenvalue weighted by Crippen LogP contribution is -2.50. The number of hydrogen-bond donors (Lipinski definition) is 0. The Morgan fingerprint density at radius 3 is 2.15 bits per heavy atom. The number of aromatic nitrogens is 2. The number of piperazine rings is 1. The van der Waals surface area contributed by atoms with E-state index < -0.39 is 10.0 Å². The van der Waals surface area contributed by atoms with E-state index in [1.807, 2.05) is 30.3 Å². The van der Waals surface area contributed by atoms with Crippen LogP contribution in [0, 0.1) is 0 Å². The van der Waals surface area contributed by atoms with E-state index in [-0.39, 0.29) is 48.5 Å². The number of sulfonamides is 1. The molecule has 9 nitrogen and oxygen atoms in total. The van der Waals surface area contributed by atoms with Crippen molar-refractivity contribution in [2.45, 2.75) is 11.8 Å². The Morgan fingerprint density at radius 2 is 1.58 bits per heavy atom. The minimum atomic E-state index is -3.72. The first-order chi connectivity index (χ1) is 15.8. The number of nitrogens with zero attached hydrogens (tertiary/aromatic N) is 4. The summed E-state index contributed by atoms with van der Waals surface area (Å²) in [7, 11) is -2.25. The summed E-state index contributed by atoms with van der Waals surface area (Å²) >= 11 is 0. The molecule has 2 aromatic carbocycles. The Morgan fingerprint density at radius 1 is 0.939 bits per heavy atom. The third kappa shape index (κ3) is 4.53. The van der Waals surface area contributed by atoms with E-state index in [0.29, 0.717) is 11.3 Å². The van der Waals surface area contributed by atoms with Crippen LogP contribution in [-0.4, -0.2) is 72.4 Å². The fourth-order valence-corrected chi connectivity index (χ4v) is 5.08. The zero-order valence-electron chi connectivity index (χ0n) is 18.3. The second kappa shape index (κ2) is 9.16. The Labute approximate surface area is 192 Å². The molecule has 1 aromatic heterocycles. The van der Waals surface area contributed by atoms with Crippen LogP contribution in [0.25, 0.3) is 5.69 Å². The largest absolute Gasteiger partial charge is 0.493 e. The third-order valence-corrected chi connectivity index (χ3v) is 7.46. The summed E-state index contributed by atoms with van der Waals surface area (Å²) in [5, 5.41) is 4.41. The molecule has 2 heterocycles. The highest BCUT2D eigenvalue weighted by Crippen LogP contribution is 2.23. The summed E-state index contributed by atoms with van der Waals surface area (Å²) in [5.41, 5.74) is 1.42. The first kappa shape index (κ1) is 22.7. The van der Waals surface area contributed by atoms with Crippen molar-refractivity contribution in [3.05, 3.63) is 72.1 Å². The lowest BCUT2D eigenvalue weighted by atomic mass is 10.2. The van der Waals surface area contributed by atoms with Gasteiger partial charge in [0.05, 0.1) is 23.9 Å². The maximum Gasteiger partial charge on any atom is 0.278 e. The highest BCUT2D eigenvalue weighted by molar-refractivity contribution is 7.89. The number of carbonyl (C=O) groups excluding carboxylic acids is 2. The first-order valence-corrected chi connectivity index (χ1v) is 11.8. The van der Waals surface area contributed by atoms with Gasteiger partial charge in [0, 0.05) is 31.7 Å². The molecular formula is C23H24N4O5S. The van der Waals surface area contributed by atoms with E-state index in [0.717, 1.165) is 5.69 Å². The molecule has 172 valence electrons. The number of ether oxygens (including phenoxy) is 1. The van der Waals surface area contributed by atoms with Gasteiger partial charge in [-0.25, -0.2) is 13.1 Å². The molecule has 0 unspecified atom stereocenters. The highest BCUT2D eigenvalue weighted by atomic mass is 32.2. The van der Waals surface area contributed by atoms with E-state index in [1.54, 1.807) is 15.8 Å². The van der Waals surface area contributed by atoms with Gasteiger partial charge in [-0.2, -0.15) is 9.40 Å². The van der Waals surface area contributed by atoms with Gasteiger partial charge >= 0.3 is 0 Å². The van der Waals surface area contributed by atoms with Crippen molar-refractivity contribution in [1.82, 2.24) is 19.0 Å². The summed E-state index contributed by atoms with van der Waals surface area (Å²) in [6.07, 6.45) is 1.65. The second-order valence-corrected chi connectivity index (χ2v) is 9.54. The van der Waals surface area contributed by atoms with Crippen LogP contribution >= 0.6 is 0 Å². The standard InChI is InChI=1S/C23H24N4O5S/c1-17(28)18-8-10-20(11-9-18)33(30,31)26-14-12-25(13-15-26)23(29)22-21(32-2)16-27(24-22)19-6-4-3-5-7-19/h3-11,16H,12-15H2,1-2H3. The van der Waals surface area contributed by atoms with Crippen molar-refractivity contribution in [3.63, 3.8) is 0 Å². The quantitative estimate of drug-likeness (QED) is 0.514. The molecular weight excluding hydrogens is 444 g/mol. The van der Waals surface area contributed by atoms with Crippen LogP contribution in [0.15, 0.2) is 65.7 Å². The van der Waals surface area contributed by atoms with Gasteiger partial charge in [0.15, 0.2) is 17.2 Å². The van der Waals surface area contributed by atoms with Gasteiger partial charge < -0.3 is 9.64 Å². The molecule has 0 saturated carbocycles. The van der Waals surface area contributed by atoms with E-state index in [9.17, 15) is 18.0 Å². The molecule has 1 fully saturated rings. The number of methoxy groups -OCH3 is 1. The number of hydrogen-bond acceptors (Lipinski definition) is 6. The maximum absolute atomic E-state index is 13.1. The fourth-order valence-electron chi connectivity index (χ4n) is 3.66. The van der Waals surface area contributed by atoms with Crippen LogP contribution in [0.4, 0.5) is 0 Å². The van der Waals surface area contributed by atoms with Crippen LogP contribution in [0.3, 0.4) is 0 Å². The monoisotopic (exact) mass is 468 g/mol. The van der Waals surface area contributed by atoms with Crippen molar-refractivity contribution < 1.29 is 22.7 Å². The zero-order valence-corrected chi connectivity index (χ0v) is 19.2. The van der Waals surface area contributed by atoms with Crippen LogP contribution < -0.4 is 4.74 Å². The molecule has 0 radical (unpaired) electrons. The van der Waals surface area contributed by atoms with E-state index >= 15 is 0 Å². The summed E-state index contributed by atoms with van der Waals surface area (Å²) in [6.45, 7) is 2.20. The Balaban J connectivity index is 1.47. The van der Waals surface area contributed by atoms with Crippen LogP contribution in [0.1, 0.15) is 27.8 Å². The summed E-state index contributed by atoms with van der Waals surface area (Å²) in [5.74, 6) is -0.0925. The van der Waals surface area contributed by atoms with Crippen molar-refractivity contribution in [2.24, 2.45) is 0 Å². The molecule has 10 heteroatoms. The van der Waals surface area contributed by atoms with Crippen LogP contribution in [-0.2, 0) is 10.0 Å². The Bertz CT molecular complexity index is 1260. The minimum absolute atomic E-state index is 0.121. The molecule has 0 atom stereocenters. The zero-order chi connectivity index (χ0) is 23.6. The molecule has 1 amide bonds. The molecule has 1 aliphatic rings. The van der Waals surface area contributed by atoms with Gasteiger partial charge in [-0.15, -0.1) is 0 Å². The van der Waals surface area contributed by atoms with E-state index in [4.69, 9.17) is 4.74 Å². The van der Waals surface area contributed by atoms with Gasteiger partial charge in [0.2, 0.25) is 10.0 Å². The second-order valence-electron chi connectivity index (χ2n) is 7.60. The highest BCUT2D eigenvalue weighted by Gasteiger charge is 2.32. The van der Waals surface area contributed by atoms with Gasteiger partial charge in [0.1, 0.15) is 0 Å². The maximum atomic E-state index is 13.1. The lowest BCUT2D eigenvalue weighted by Gasteiger charge is -2.33. The molecule has 0 aliphatic carbocycles. The minimum Gasteiger partial charge on any atom is -0.493 e. The summed E-state index contributed by atoms with van der Waals surface area (Å²) in [4.78, 5) is 26.3. The number of para-hydroxylation sites is 1. The number of rotatable bonds is 6. The van der Waals surface area contributed by atoms with Crippen molar-refractivity contribution >= 4 is 21.7 Å². The molecule has 0 bridgehead atoms. The van der Waals surface area contributed by atoms with E-state index in [2.05, 4.69) is 5.10 Å². The number of amides is 1. The fraction of sp³-hybridized carbons (Fsp3) is 0.261. The molecule has 33 heavy (non-hydrogen) atoms. The summed E-state index contributed by atoms with van der Waals surface area (Å²) in [6, 6.07) is 15.3. The number of carbonyl (C=O) groups is 2. The lowest BCUT2D eigenvalue weighted by molar-refractivity contribution is 0.0688. The van der Waals surface area contributed by atoms with Gasteiger partial charge in [-0.3, -0.25) is 9.59 Å². The van der Waals surface area contributed by atoms with Crippen molar-refractivity contribution in [3.8, 4) is 11.4 Å². The van der Waals surface area contributed by atoms with Gasteiger partial charge in [-0.1, -0.05) is 30.3 Å². The normalized spacial score (nSPS) is 14.8. The van der Waals surface area contributed by atoms with Crippen molar-refractivity contribution in [2.75, 3.05) is 33.3 Å². The van der Waals surface area contributed by atoms with Gasteiger partial charge in [0.25, 0.3) is 5.91 Å². The molecule has 1 aliphatic heterocycles. The Hall–Kier alpha value is -3.50. The molecule has 3 aromatic rings. The summed E-state index contributed by atoms with van der Waals surface area (Å²) < 4.78 is 34.2. The third-order valence-electron chi connectivity index (χ3n) is 5.55. The number of benzene rings is 2. The predicted octanol–water partition coefficient (Wildman–Crippen LogP) is 2.23. The van der Waals surface area contributed by atoms with Gasteiger partial charge in [-0.05, 0) is 31.2 Å². The predicted molar refractivity (Wildman–Crippen MR) is 121 cm³/mol. The van der Waals surface area contributed by atoms with Crippen molar-refractivity contribution in [1.29, 1.82) is 0 Å². The molecule has 0 N–H and O–H groups in total. The number of ketones is 1. The first-order valence-electron chi connectivity index (χ1n) is 10.4. The SMILES string of the molecule is COc1cn(-c2ccccc2)nc1C(=O)N1CCN(S(=O)(=O)c2ccc(C(C)=O)cc2)CC1. The average Bonchev–Trinajstić information content (AvgIpc) is 3.29. The van der Waals surface area contributed by atoms with Crippen LogP contribution in [0.2, 0.25) is 0 Å². The molecule has 4 rings (SSSR count). The molecule has 0 spiro atoms. The smallest absolute Gasteiger partial charge is 0.278 e. The average molecular weight is 469 g/mol. The number of Topliss-reactive ketones (excluding diaryl/α,β-unsaturated/α-hetero) is 1. The Kier molecular flexibility index (Phi) is 6.30. The topological polar surface area (TPSA) is 102 Å². The van der Waals surface area contributed by atoms with E-state index in [1.165, 1.54) is 42.6 Å². The van der Waals surface area contributed by atoms with Crippen LogP contribution in [0.5, 0.6) is 5.75 Å².